The summed E-state index contributed by atoms with van der Waals surface area (Å²) in [4.78, 5) is 12.5. The van der Waals surface area contributed by atoms with Crippen molar-refractivity contribution in [3.8, 4) is 0 Å². The Kier molecular flexibility index (Phi) is 3.31. The molecule has 22 heavy (non-hydrogen) atoms. The van der Waals surface area contributed by atoms with E-state index in [0.29, 0.717) is 12.0 Å². The number of hydrogen-bond acceptors (Lipinski definition) is 2. The molecule has 4 nitrogen and oxygen atoms in total. The summed E-state index contributed by atoms with van der Waals surface area (Å²) in [5.41, 5.74) is 2.47. The summed E-state index contributed by atoms with van der Waals surface area (Å²) in [6.45, 7) is 2.62. The summed E-state index contributed by atoms with van der Waals surface area (Å²) in [7, 11) is 1.92. The first-order chi connectivity index (χ1) is 10.5. The molecule has 1 heterocycles. The van der Waals surface area contributed by atoms with Gasteiger partial charge in [0.2, 0.25) is 5.91 Å². The van der Waals surface area contributed by atoms with Gasteiger partial charge in [-0.15, -0.1) is 0 Å². The summed E-state index contributed by atoms with van der Waals surface area (Å²) < 4.78 is 1.82. The highest BCUT2D eigenvalue weighted by Crippen LogP contribution is 2.61. The Morgan fingerprint density at radius 3 is 2.36 bits per heavy atom. The number of aromatic nitrogens is 2. The summed E-state index contributed by atoms with van der Waals surface area (Å²) >= 11 is 0. The number of nitrogens with zero attached hydrogens (tertiary/aromatic N) is 2. The molecule has 0 spiro atoms. The van der Waals surface area contributed by atoms with Crippen LogP contribution in [0.3, 0.4) is 0 Å². The molecule has 4 heteroatoms. The topological polar surface area (TPSA) is 46.9 Å². The third kappa shape index (κ3) is 2.57. The lowest BCUT2D eigenvalue weighted by atomic mass is 9.49. The smallest absolute Gasteiger partial charge is 0.220 e. The first-order valence-electron chi connectivity index (χ1n) is 8.77. The average molecular weight is 301 g/mol. The lowest BCUT2D eigenvalue weighted by Crippen LogP contribution is -2.47. The van der Waals surface area contributed by atoms with E-state index in [1.54, 1.807) is 0 Å². The predicted octanol–water partition coefficient (Wildman–Crippen LogP) is 2.95. The molecule has 0 radical (unpaired) electrons. The molecule has 0 aromatic carbocycles. The van der Waals surface area contributed by atoms with Gasteiger partial charge in [-0.3, -0.25) is 9.48 Å². The largest absolute Gasteiger partial charge is 0.352 e. The second-order valence-corrected chi connectivity index (χ2v) is 8.28. The van der Waals surface area contributed by atoms with Crippen LogP contribution in [0, 0.1) is 30.1 Å². The molecule has 0 saturated heterocycles. The molecule has 4 aliphatic carbocycles. The van der Waals surface area contributed by atoms with Gasteiger partial charge in [-0.2, -0.15) is 5.10 Å². The van der Waals surface area contributed by atoms with Crippen molar-refractivity contribution in [1.82, 2.24) is 15.1 Å². The van der Waals surface area contributed by atoms with Gasteiger partial charge in [-0.05, 0) is 68.6 Å². The lowest BCUT2D eigenvalue weighted by molar-refractivity contribution is -0.129. The number of carbonyl (C=O) groups is 1. The Hall–Kier alpha value is -1.32. The van der Waals surface area contributed by atoms with Gasteiger partial charge in [0.1, 0.15) is 0 Å². The summed E-state index contributed by atoms with van der Waals surface area (Å²) in [6.07, 6.45) is 11.0. The highest BCUT2D eigenvalue weighted by molar-refractivity contribution is 5.76. The first-order valence-corrected chi connectivity index (χ1v) is 8.77. The van der Waals surface area contributed by atoms with Gasteiger partial charge >= 0.3 is 0 Å². The van der Waals surface area contributed by atoms with E-state index in [1.165, 1.54) is 38.5 Å². The molecule has 1 N–H and O–H groups in total. The van der Waals surface area contributed by atoms with Crippen LogP contribution in [0.2, 0.25) is 0 Å². The van der Waals surface area contributed by atoms with Crippen molar-refractivity contribution < 1.29 is 4.79 Å². The fraction of sp³-hybridized carbons (Fsp3) is 0.778. The van der Waals surface area contributed by atoms with Crippen LogP contribution in [0.1, 0.15) is 56.2 Å². The minimum Gasteiger partial charge on any atom is -0.352 e. The molecule has 0 atom stereocenters. The molecule has 4 fully saturated rings. The van der Waals surface area contributed by atoms with Crippen LogP contribution < -0.4 is 5.32 Å². The van der Waals surface area contributed by atoms with Gasteiger partial charge in [0.25, 0.3) is 0 Å². The number of nitrogens with one attached hydrogen (secondary N) is 1. The Balaban J connectivity index is 1.37. The molecule has 1 aromatic heterocycles. The van der Waals surface area contributed by atoms with Crippen molar-refractivity contribution in [3.05, 3.63) is 17.5 Å². The summed E-state index contributed by atoms with van der Waals surface area (Å²) in [5.74, 6) is 2.99. The van der Waals surface area contributed by atoms with E-state index in [-0.39, 0.29) is 5.91 Å². The maximum atomic E-state index is 12.5. The van der Waals surface area contributed by atoms with Gasteiger partial charge in [-0.25, -0.2) is 0 Å². The normalized spacial score (nSPS) is 35.8. The monoisotopic (exact) mass is 301 g/mol. The molecule has 1 aromatic rings. The lowest BCUT2D eigenvalue weighted by Gasteiger charge is -2.56. The third-order valence-electron chi connectivity index (χ3n) is 6.29. The zero-order valence-corrected chi connectivity index (χ0v) is 13.8. The molecular formula is C18H27N3O. The molecule has 120 valence electrons. The Morgan fingerprint density at radius 1 is 1.27 bits per heavy atom. The molecule has 0 unspecified atom stereocenters. The van der Waals surface area contributed by atoms with Crippen LogP contribution in [0.15, 0.2) is 6.20 Å². The fourth-order valence-electron chi connectivity index (χ4n) is 5.93. The standard InChI is InChI=1S/C18H27N3O/c1-12-16(11-21(2)20-12)10-19-17(22)9-18-6-13-3-14(7-18)5-15(4-13)8-18/h11,13-15H,3-10H2,1-2H3,(H,19,22). The fourth-order valence-corrected chi connectivity index (χ4v) is 5.93. The van der Waals surface area contributed by atoms with Crippen molar-refractivity contribution in [2.45, 2.75) is 58.4 Å². The van der Waals surface area contributed by atoms with Gasteiger partial charge in [0.15, 0.2) is 0 Å². The van der Waals surface area contributed by atoms with Crippen LogP contribution >= 0.6 is 0 Å². The molecule has 1 amide bonds. The zero-order valence-electron chi connectivity index (χ0n) is 13.8. The maximum absolute atomic E-state index is 12.5. The van der Waals surface area contributed by atoms with Crippen LogP contribution in [-0.2, 0) is 18.4 Å². The van der Waals surface area contributed by atoms with E-state index in [4.69, 9.17) is 0 Å². The zero-order chi connectivity index (χ0) is 15.3. The summed E-state index contributed by atoms with van der Waals surface area (Å²) in [6, 6.07) is 0. The van der Waals surface area contributed by atoms with Crippen molar-refractivity contribution >= 4 is 5.91 Å². The first kappa shape index (κ1) is 14.3. The number of amides is 1. The quantitative estimate of drug-likeness (QED) is 0.929. The second-order valence-electron chi connectivity index (χ2n) is 8.28. The van der Waals surface area contributed by atoms with Crippen molar-refractivity contribution in [2.75, 3.05) is 0 Å². The molecule has 0 aliphatic heterocycles. The Labute approximate surface area is 132 Å². The molecule has 4 bridgehead atoms. The maximum Gasteiger partial charge on any atom is 0.220 e. The van der Waals surface area contributed by atoms with E-state index in [9.17, 15) is 4.79 Å². The highest BCUT2D eigenvalue weighted by atomic mass is 16.1. The predicted molar refractivity (Wildman–Crippen MR) is 85.0 cm³/mol. The average Bonchev–Trinajstić information content (AvgIpc) is 2.72. The third-order valence-corrected chi connectivity index (χ3v) is 6.29. The molecular weight excluding hydrogens is 274 g/mol. The van der Waals surface area contributed by atoms with E-state index >= 15 is 0 Å². The Bertz CT molecular complexity index is 554. The minimum atomic E-state index is 0.241. The van der Waals surface area contributed by atoms with E-state index in [2.05, 4.69) is 10.4 Å². The number of rotatable bonds is 4. The van der Waals surface area contributed by atoms with Crippen molar-refractivity contribution in [2.24, 2.45) is 30.2 Å². The van der Waals surface area contributed by atoms with Gasteiger partial charge < -0.3 is 5.32 Å². The Morgan fingerprint density at radius 2 is 1.86 bits per heavy atom. The number of carbonyl (C=O) groups excluding carboxylic acids is 1. The summed E-state index contributed by atoms with van der Waals surface area (Å²) in [5, 5.41) is 7.47. The highest BCUT2D eigenvalue weighted by Gasteiger charge is 2.51. The van der Waals surface area contributed by atoms with Crippen molar-refractivity contribution in [1.29, 1.82) is 0 Å². The minimum absolute atomic E-state index is 0.241. The van der Waals surface area contributed by atoms with Crippen molar-refractivity contribution in [3.63, 3.8) is 0 Å². The van der Waals surface area contributed by atoms with Crippen LogP contribution in [-0.4, -0.2) is 15.7 Å². The van der Waals surface area contributed by atoms with E-state index in [0.717, 1.165) is 35.4 Å². The molecule has 4 aliphatic rings. The number of aryl methyl sites for hydroxylation is 2. The second kappa shape index (κ2) is 5.10. The molecule has 4 saturated carbocycles. The van der Waals surface area contributed by atoms with Gasteiger partial charge in [-0.1, -0.05) is 0 Å². The van der Waals surface area contributed by atoms with Crippen LogP contribution in [0.25, 0.3) is 0 Å². The molecule has 5 rings (SSSR count). The SMILES string of the molecule is Cc1nn(C)cc1CNC(=O)CC12CC3CC(CC(C3)C1)C2. The van der Waals surface area contributed by atoms with Gasteiger partial charge in [0.05, 0.1) is 5.69 Å². The van der Waals surface area contributed by atoms with Crippen LogP contribution in [0.4, 0.5) is 0 Å². The number of hydrogen-bond donors (Lipinski definition) is 1. The van der Waals surface area contributed by atoms with Crippen LogP contribution in [0.5, 0.6) is 0 Å². The van der Waals surface area contributed by atoms with Gasteiger partial charge in [0, 0.05) is 31.8 Å². The van der Waals surface area contributed by atoms with E-state index < -0.39 is 0 Å². The van der Waals surface area contributed by atoms with E-state index in [1.807, 2.05) is 24.9 Å².